The molecular weight excluding hydrogens is 232 g/mol. The Morgan fingerprint density at radius 3 is 2.78 bits per heavy atom. The van der Waals surface area contributed by atoms with E-state index < -0.39 is 0 Å². The maximum Gasteiger partial charge on any atom is 0.309 e. The van der Waals surface area contributed by atoms with Crippen molar-refractivity contribution in [2.45, 2.75) is 13.5 Å². The summed E-state index contributed by atoms with van der Waals surface area (Å²) in [7, 11) is 4.94. The maximum atomic E-state index is 11.3. The van der Waals surface area contributed by atoms with Crippen LogP contribution in [0.2, 0.25) is 0 Å². The standard InChI is InChI=1S/C13H20N2O3/c1-10(13(16)18-4)8-15(2)9-11-6-5-7-12(14-11)17-3/h5-7,10H,8-9H2,1-4H3. The molecule has 0 aliphatic heterocycles. The van der Waals surface area contributed by atoms with E-state index in [9.17, 15) is 4.79 Å². The van der Waals surface area contributed by atoms with E-state index in [2.05, 4.69) is 4.98 Å². The van der Waals surface area contributed by atoms with E-state index in [-0.39, 0.29) is 11.9 Å². The number of pyridine rings is 1. The van der Waals surface area contributed by atoms with Crippen molar-refractivity contribution in [2.24, 2.45) is 5.92 Å². The van der Waals surface area contributed by atoms with Gasteiger partial charge in [-0.2, -0.15) is 0 Å². The number of rotatable bonds is 6. The van der Waals surface area contributed by atoms with Crippen molar-refractivity contribution in [3.05, 3.63) is 23.9 Å². The van der Waals surface area contributed by atoms with Gasteiger partial charge in [-0.15, -0.1) is 0 Å². The minimum atomic E-state index is -0.194. The minimum Gasteiger partial charge on any atom is -0.481 e. The summed E-state index contributed by atoms with van der Waals surface area (Å²) in [4.78, 5) is 17.7. The zero-order valence-corrected chi connectivity index (χ0v) is 11.3. The van der Waals surface area contributed by atoms with Crippen LogP contribution >= 0.6 is 0 Å². The Balaban J connectivity index is 2.53. The monoisotopic (exact) mass is 252 g/mol. The fraction of sp³-hybridized carbons (Fsp3) is 0.538. The maximum absolute atomic E-state index is 11.3. The molecule has 0 aliphatic carbocycles. The van der Waals surface area contributed by atoms with Crippen molar-refractivity contribution in [1.29, 1.82) is 0 Å². The van der Waals surface area contributed by atoms with Crippen LogP contribution in [0.1, 0.15) is 12.6 Å². The average molecular weight is 252 g/mol. The number of ether oxygens (including phenoxy) is 2. The van der Waals surface area contributed by atoms with Gasteiger partial charge in [-0.05, 0) is 13.1 Å². The Labute approximate surface area is 108 Å². The van der Waals surface area contributed by atoms with Crippen LogP contribution in [0, 0.1) is 5.92 Å². The molecular formula is C13H20N2O3. The lowest BCUT2D eigenvalue weighted by Gasteiger charge is -2.19. The molecule has 1 rings (SSSR count). The Morgan fingerprint density at radius 2 is 2.17 bits per heavy atom. The van der Waals surface area contributed by atoms with Gasteiger partial charge in [-0.25, -0.2) is 4.98 Å². The number of carbonyl (C=O) groups excluding carboxylic acids is 1. The molecule has 0 N–H and O–H groups in total. The molecule has 1 atom stereocenters. The Bertz CT molecular complexity index is 396. The molecule has 0 fully saturated rings. The predicted molar refractivity (Wildman–Crippen MR) is 68.3 cm³/mol. The summed E-state index contributed by atoms with van der Waals surface area (Å²) < 4.78 is 9.77. The van der Waals surface area contributed by atoms with Crippen LogP contribution in [-0.4, -0.2) is 43.7 Å². The second-order valence-electron chi connectivity index (χ2n) is 4.29. The van der Waals surface area contributed by atoms with Gasteiger partial charge >= 0.3 is 5.97 Å². The van der Waals surface area contributed by atoms with Gasteiger partial charge in [-0.3, -0.25) is 9.69 Å². The number of methoxy groups -OCH3 is 2. The Kier molecular flexibility index (Phi) is 5.58. The first-order valence-corrected chi connectivity index (χ1v) is 5.83. The van der Waals surface area contributed by atoms with Gasteiger partial charge in [-0.1, -0.05) is 13.0 Å². The topological polar surface area (TPSA) is 51.7 Å². The van der Waals surface area contributed by atoms with Crippen LogP contribution in [0.4, 0.5) is 0 Å². The lowest BCUT2D eigenvalue weighted by molar-refractivity contribution is -0.145. The third-order valence-corrected chi connectivity index (χ3v) is 2.61. The molecule has 100 valence electrons. The number of esters is 1. The molecule has 0 saturated heterocycles. The summed E-state index contributed by atoms with van der Waals surface area (Å²) in [5, 5.41) is 0. The highest BCUT2D eigenvalue weighted by atomic mass is 16.5. The molecule has 0 aliphatic rings. The number of aromatic nitrogens is 1. The smallest absolute Gasteiger partial charge is 0.309 e. The number of hydrogen-bond donors (Lipinski definition) is 0. The van der Waals surface area contributed by atoms with Crippen molar-refractivity contribution >= 4 is 5.97 Å². The number of carbonyl (C=O) groups is 1. The minimum absolute atomic E-state index is 0.148. The van der Waals surface area contributed by atoms with E-state index in [1.807, 2.05) is 31.0 Å². The molecule has 0 spiro atoms. The second kappa shape index (κ2) is 6.96. The Hall–Kier alpha value is -1.62. The molecule has 0 amide bonds. The van der Waals surface area contributed by atoms with Crippen LogP contribution < -0.4 is 4.74 Å². The first-order valence-electron chi connectivity index (χ1n) is 5.83. The molecule has 1 aromatic heterocycles. The first-order chi connectivity index (χ1) is 8.56. The average Bonchev–Trinajstić information content (AvgIpc) is 2.37. The zero-order chi connectivity index (χ0) is 13.5. The summed E-state index contributed by atoms with van der Waals surface area (Å²) in [6.07, 6.45) is 0. The van der Waals surface area contributed by atoms with Gasteiger partial charge in [0.25, 0.3) is 0 Å². The van der Waals surface area contributed by atoms with E-state index in [1.54, 1.807) is 13.2 Å². The normalized spacial score (nSPS) is 12.3. The lowest BCUT2D eigenvalue weighted by atomic mass is 10.1. The highest BCUT2D eigenvalue weighted by Crippen LogP contribution is 2.09. The van der Waals surface area contributed by atoms with Crippen LogP contribution in [0.3, 0.4) is 0 Å². The fourth-order valence-corrected chi connectivity index (χ4v) is 1.74. The van der Waals surface area contributed by atoms with Gasteiger partial charge in [0.05, 0.1) is 25.8 Å². The molecule has 18 heavy (non-hydrogen) atoms. The molecule has 0 saturated carbocycles. The molecule has 1 heterocycles. The summed E-state index contributed by atoms with van der Waals surface area (Å²) in [6.45, 7) is 3.14. The van der Waals surface area contributed by atoms with Crippen molar-refractivity contribution in [3.8, 4) is 5.88 Å². The summed E-state index contributed by atoms with van der Waals surface area (Å²) >= 11 is 0. The molecule has 5 nitrogen and oxygen atoms in total. The summed E-state index contributed by atoms with van der Waals surface area (Å²) in [5.74, 6) is 0.257. The lowest BCUT2D eigenvalue weighted by Crippen LogP contribution is -2.29. The van der Waals surface area contributed by atoms with Gasteiger partial charge in [0.15, 0.2) is 0 Å². The van der Waals surface area contributed by atoms with E-state index in [0.29, 0.717) is 19.0 Å². The van der Waals surface area contributed by atoms with E-state index in [4.69, 9.17) is 9.47 Å². The third kappa shape index (κ3) is 4.33. The summed E-state index contributed by atoms with van der Waals surface area (Å²) in [6, 6.07) is 5.64. The second-order valence-corrected chi connectivity index (χ2v) is 4.29. The molecule has 1 aromatic rings. The molecule has 0 radical (unpaired) electrons. The zero-order valence-electron chi connectivity index (χ0n) is 11.3. The van der Waals surface area contributed by atoms with Crippen LogP contribution in [0.25, 0.3) is 0 Å². The van der Waals surface area contributed by atoms with Crippen molar-refractivity contribution in [3.63, 3.8) is 0 Å². The predicted octanol–water partition coefficient (Wildman–Crippen LogP) is 1.33. The van der Waals surface area contributed by atoms with Gasteiger partial charge in [0, 0.05) is 19.2 Å². The fourth-order valence-electron chi connectivity index (χ4n) is 1.74. The largest absolute Gasteiger partial charge is 0.481 e. The van der Waals surface area contributed by atoms with Crippen molar-refractivity contribution in [2.75, 3.05) is 27.8 Å². The Morgan fingerprint density at radius 1 is 1.44 bits per heavy atom. The van der Waals surface area contributed by atoms with Gasteiger partial charge < -0.3 is 9.47 Å². The molecule has 0 bridgehead atoms. The van der Waals surface area contributed by atoms with Crippen LogP contribution in [-0.2, 0) is 16.1 Å². The first kappa shape index (κ1) is 14.4. The van der Waals surface area contributed by atoms with Gasteiger partial charge in [0.2, 0.25) is 5.88 Å². The van der Waals surface area contributed by atoms with Crippen molar-refractivity contribution in [1.82, 2.24) is 9.88 Å². The highest BCUT2D eigenvalue weighted by Gasteiger charge is 2.15. The van der Waals surface area contributed by atoms with E-state index >= 15 is 0 Å². The quantitative estimate of drug-likeness (QED) is 0.715. The number of nitrogens with zero attached hydrogens (tertiary/aromatic N) is 2. The number of hydrogen-bond acceptors (Lipinski definition) is 5. The van der Waals surface area contributed by atoms with Crippen LogP contribution in [0.15, 0.2) is 18.2 Å². The molecule has 0 aromatic carbocycles. The van der Waals surface area contributed by atoms with E-state index in [1.165, 1.54) is 7.11 Å². The summed E-state index contributed by atoms with van der Waals surface area (Å²) in [5.41, 5.74) is 0.911. The van der Waals surface area contributed by atoms with Gasteiger partial charge in [0.1, 0.15) is 0 Å². The van der Waals surface area contributed by atoms with Crippen LogP contribution in [0.5, 0.6) is 5.88 Å². The van der Waals surface area contributed by atoms with Crippen molar-refractivity contribution < 1.29 is 14.3 Å². The van der Waals surface area contributed by atoms with E-state index in [0.717, 1.165) is 5.69 Å². The SMILES string of the molecule is COC(=O)C(C)CN(C)Cc1cccc(OC)n1. The molecule has 1 unspecified atom stereocenters. The highest BCUT2D eigenvalue weighted by molar-refractivity contribution is 5.72. The molecule has 5 heteroatoms. The third-order valence-electron chi connectivity index (χ3n) is 2.61.